The van der Waals surface area contributed by atoms with Gasteiger partial charge in [-0.15, -0.1) is 0 Å². The maximum absolute atomic E-state index is 12.3. The molecule has 1 unspecified atom stereocenters. The number of hydrogen-bond acceptors (Lipinski definition) is 5. The number of hydrogen-bond donors (Lipinski definition) is 1. The minimum absolute atomic E-state index is 0.0839. The van der Waals surface area contributed by atoms with Gasteiger partial charge in [-0.2, -0.15) is 0 Å². The molecule has 0 bridgehead atoms. The monoisotopic (exact) mass is 297 g/mol. The third kappa shape index (κ3) is 3.57. The first-order chi connectivity index (χ1) is 9.42. The van der Waals surface area contributed by atoms with E-state index in [0.717, 1.165) is 0 Å². The number of esters is 1. The quantitative estimate of drug-likeness (QED) is 0.369. The number of carbonyl (C=O) groups excluding carboxylic acids is 3. The Bertz CT molecular complexity index is 519. The number of ketones is 2. The smallest absolute Gasteiger partial charge is 0.375 e. The molecule has 0 aromatic rings. The molecule has 1 saturated carbocycles. The van der Waals surface area contributed by atoms with Crippen molar-refractivity contribution < 1.29 is 19.1 Å². The van der Waals surface area contributed by atoms with Crippen molar-refractivity contribution in [2.75, 3.05) is 6.61 Å². The summed E-state index contributed by atoms with van der Waals surface area (Å²) in [6.07, 6.45) is 3.29. The van der Waals surface area contributed by atoms with Gasteiger partial charge in [0.05, 0.1) is 12.5 Å². The fourth-order valence-electron chi connectivity index (χ4n) is 2.00. The summed E-state index contributed by atoms with van der Waals surface area (Å²) in [5.74, 6) is -3.35. The van der Waals surface area contributed by atoms with E-state index in [9.17, 15) is 14.4 Å². The standard InChI is InChI=1S/C14H16ClNO4/c1-3-20-14(19)13(18)10-5-4-9(7-16)11(12(10)17)6-8(2)15/h6-7,10H,2-5,16H2,1H3/b9-7-,11-6+. The van der Waals surface area contributed by atoms with E-state index in [1.54, 1.807) is 6.92 Å². The molecule has 1 aliphatic carbocycles. The predicted octanol–water partition coefficient (Wildman–Crippen LogP) is 1.62. The zero-order valence-corrected chi connectivity index (χ0v) is 11.9. The van der Waals surface area contributed by atoms with Gasteiger partial charge in [0.1, 0.15) is 0 Å². The van der Waals surface area contributed by atoms with Gasteiger partial charge < -0.3 is 10.5 Å². The van der Waals surface area contributed by atoms with E-state index in [2.05, 4.69) is 11.3 Å². The van der Waals surface area contributed by atoms with Gasteiger partial charge in [0.2, 0.25) is 0 Å². The van der Waals surface area contributed by atoms with Crippen molar-refractivity contribution in [1.82, 2.24) is 0 Å². The van der Waals surface area contributed by atoms with E-state index >= 15 is 0 Å². The van der Waals surface area contributed by atoms with Crippen LogP contribution in [0.3, 0.4) is 0 Å². The van der Waals surface area contributed by atoms with Crippen molar-refractivity contribution in [2.24, 2.45) is 11.7 Å². The molecule has 108 valence electrons. The SMILES string of the molecule is C=C(Cl)/C=C1/C(=O)C(C(=O)C(=O)OCC)CC/C1=C/N. The highest BCUT2D eigenvalue weighted by Gasteiger charge is 2.38. The minimum Gasteiger partial charge on any atom is -0.460 e. The third-order valence-electron chi connectivity index (χ3n) is 2.93. The fraction of sp³-hybridized carbons (Fsp3) is 0.357. The molecule has 0 aromatic heterocycles. The van der Waals surface area contributed by atoms with Crippen molar-refractivity contribution in [2.45, 2.75) is 19.8 Å². The summed E-state index contributed by atoms with van der Waals surface area (Å²) in [4.78, 5) is 35.6. The summed E-state index contributed by atoms with van der Waals surface area (Å²) >= 11 is 5.67. The summed E-state index contributed by atoms with van der Waals surface area (Å²) in [6.45, 7) is 5.15. The van der Waals surface area contributed by atoms with E-state index in [1.165, 1.54) is 12.3 Å². The topological polar surface area (TPSA) is 86.5 Å². The summed E-state index contributed by atoms with van der Waals surface area (Å²) < 4.78 is 4.63. The van der Waals surface area contributed by atoms with Crippen LogP contribution in [0.5, 0.6) is 0 Å². The van der Waals surface area contributed by atoms with E-state index in [-0.39, 0.29) is 23.6 Å². The average Bonchev–Trinajstić information content (AvgIpc) is 2.40. The van der Waals surface area contributed by atoms with Crippen LogP contribution in [0.25, 0.3) is 0 Å². The molecule has 0 heterocycles. The fourth-order valence-corrected chi connectivity index (χ4v) is 2.11. The Morgan fingerprint density at radius 2 is 2.20 bits per heavy atom. The Hall–Kier alpha value is -1.88. The van der Waals surface area contributed by atoms with Crippen LogP contribution in [0, 0.1) is 5.92 Å². The molecule has 6 heteroatoms. The Morgan fingerprint density at radius 1 is 1.55 bits per heavy atom. The van der Waals surface area contributed by atoms with E-state index in [4.69, 9.17) is 17.3 Å². The van der Waals surface area contributed by atoms with Crippen LogP contribution in [-0.2, 0) is 19.1 Å². The number of allylic oxidation sites excluding steroid dienone is 4. The van der Waals surface area contributed by atoms with Crippen molar-refractivity contribution in [3.63, 3.8) is 0 Å². The van der Waals surface area contributed by atoms with Crippen molar-refractivity contribution in [3.05, 3.63) is 35.0 Å². The highest BCUT2D eigenvalue weighted by molar-refractivity contribution is 6.40. The number of ether oxygens (including phenoxy) is 1. The molecule has 0 radical (unpaired) electrons. The average molecular weight is 298 g/mol. The second-order valence-electron chi connectivity index (χ2n) is 4.24. The van der Waals surface area contributed by atoms with Crippen molar-refractivity contribution in [1.29, 1.82) is 0 Å². The van der Waals surface area contributed by atoms with Crippen LogP contribution in [0.1, 0.15) is 19.8 Å². The number of nitrogens with two attached hydrogens (primary N) is 1. The van der Waals surface area contributed by atoms with E-state index in [0.29, 0.717) is 12.0 Å². The van der Waals surface area contributed by atoms with Crippen LogP contribution < -0.4 is 5.73 Å². The Morgan fingerprint density at radius 3 is 2.70 bits per heavy atom. The summed E-state index contributed by atoms with van der Waals surface area (Å²) in [5, 5.41) is 0.150. The Labute approximate surface area is 122 Å². The van der Waals surface area contributed by atoms with Gasteiger partial charge >= 0.3 is 5.97 Å². The molecule has 2 N–H and O–H groups in total. The first-order valence-corrected chi connectivity index (χ1v) is 6.52. The number of rotatable bonds is 4. The lowest BCUT2D eigenvalue weighted by Gasteiger charge is -2.23. The maximum Gasteiger partial charge on any atom is 0.375 e. The van der Waals surface area contributed by atoms with Crippen LogP contribution in [0.15, 0.2) is 35.0 Å². The van der Waals surface area contributed by atoms with Gasteiger partial charge in [0, 0.05) is 10.6 Å². The summed E-state index contributed by atoms with van der Waals surface area (Å²) in [6, 6.07) is 0. The molecule has 0 aliphatic heterocycles. The van der Waals surface area contributed by atoms with Gasteiger partial charge in [-0.25, -0.2) is 4.79 Å². The first kappa shape index (κ1) is 16.2. The zero-order valence-electron chi connectivity index (χ0n) is 11.1. The van der Waals surface area contributed by atoms with Crippen LogP contribution in [0.2, 0.25) is 0 Å². The molecule has 0 amide bonds. The molecule has 20 heavy (non-hydrogen) atoms. The van der Waals surface area contributed by atoms with Crippen LogP contribution in [0.4, 0.5) is 0 Å². The van der Waals surface area contributed by atoms with Gasteiger partial charge in [-0.05, 0) is 37.6 Å². The third-order valence-corrected chi connectivity index (χ3v) is 3.03. The molecule has 1 aliphatic rings. The highest BCUT2D eigenvalue weighted by Crippen LogP contribution is 2.31. The van der Waals surface area contributed by atoms with Gasteiger partial charge in [-0.1, -0.05) is 18.2 Å². The maximum atomic E-state index is 12.3. The lowest BCUT2D eigenvalue weighted by atomic mass is 9.79. The predicted molar refractivity (Wildman–Crippen MR) is 74.7 cm³/mol. The zero-order chi connectivity index (χ0) is 15.3. The Kier molecular flexibility index (Phi) is 5.70. The lowest BCUT2D eigenvalue weighted by Crippen LogP contribution is -2.35. The second-order valence-corrected chi connectivity index (χ2v) is 4.72. The molecular weight excluding hydrogens is 282 g/mol. The molecule has 0 spiro atoms. The lowest BCUT2D eigenvalue weighted by molar-refractivity contribution is -0.156. The van der Waals surface area contributed by atoms with Gasteiger partial charge in [-0.3, -0.25) is 9.59 Å². The van der Waals surface area contributed by atoms with E-state index < -0.39 is 23.5 Å². The highest BCUT2D eigenvalue weighted by atomic mass is 35.5. The first-order valence-electron chi connectivity index (χ1n) is 6.14. The molecule has 1 rings (SSSR count). The number of carbonyl (C=O) groups is 3. The minimum atomic E-state index is -1.04. The molecule has 5 nitrogen and oxygen atoms in total. The van der Waals surface area contributed by atoms with Gasteiger partial charge in [0.15, 0.2) is 5.78 Å². The van der Waals surface area contributed by atoms with E-state index in [1.807, 2.05) is 0 Å². The summed E-state index contributed by atoms with van der Waals surface area (Å²) in [7, 11) is 0. The largest absolute Gasteiger partial charge is 0.460 e. The Balaban J connectivity index is 3.05. The van der Waals surface area contributed by atoms with Crippen molar-refractivity contribution in [3.8, 4) is 0 Å². The molecule has 1 atom stereocenters. The molecular formula is C14H16ClNO4. The molecule has 1 fully saturated rings. The van der Waals surface area contributed by atoms with Crippen LogP contribution in [-0.4, -0.2) is 24.1 Å². The van der Waals surface area contributed by atoms with Crippen molar-refractivity contribution >= 4 is 29.1 Å². The summed E-state index contributed by atoms with van der Waals surface area (Å²) in [5.41, 5.74) is 6.27. The normalized spacial score (nSPS) is 22.9. The molecule has 0 saturated heterocycles. The number of Topliss-reactive ketones (excluding diaryl/α,β-unsaturated/α-hetero) is 2. The second kappa shape index (κ2) is 7.05. The van der Waals surface area contributed by atoms with Crippen LogP contribution >= 0.6 is 11.6 Å². The number of halogens is 1. The molecule has 0 aromatic carbocycles. The van der Waals surface area contributed by atoms with Gasteiger partial charge in [0.25, 0.3) is 5.78 Å².